The Morgan fingerprint density at radius 1 is 1.36 bits per heavy atom. The van der Waals surface area contributed by atoms with E-state index in [0.29, 0.717) is 19.3 Å². The van der Waals surface area contributed by atoms with Gasteiger partial charge in [0.25, 0.3) is 0 Å². The van der Waals surface area contributed by atoms with Gasteiger partial charge < -0.3 is 5.11 Å². The Labute approximate surface area is 134 Å². The quantitative estimate of drug-likeness (QED) is 0.385. The highest BCUT2D eigenvalue weighted by Gasteiger charge is 2.33. The minimum absolute atomic E-state index is 0.105. The summed E-state index contributed by atoms with van der Waals surface area (Å²) in [4.78, 5) is 4.07. The van der Waals surface area contributed by atoms with Crippen LogP contribution in [-0.2, 0) is 9.84 Å². The minimum atomic E-state index is -3.46. The number of sulfone groups is 1. The van der Waals surface area contributed by atoms with Gasteiger partial charge in [-0.05, 0) is 61.2 Å². The molecule has 120 valence electrons. The van der Waals surface area contributed by atoms with Gasteiger partial charge in [-0.25, -0.2) is 8.42 Å². The summed E-state index contributed by atoms with van der Waals surface area (Å²) in [6.45, 7) is 0. The van der Waals surface area contributed by atoms with E-state index in [4.69, 9.17) is 5.53 Å². The fourth-order valence-corrected chi connectivity index (χ4v) is 4.86. The van der Waals surface area contributed by atoms with Crippen LogP contribution in [0.2, 0.25) is 0 Å². The van der Waals surface area contributed by atoms with E-state index in [1.54, 1.807) is 36.0 Å². The van der Waals surface area contributed by atoms with Crippen molar-refractivity contribution >= 4 is 21.6 Å². The lowest BCUT2D eigenvalue weighted by atomic mass is 9.84. The van der Waals surface area contributed by atoms with Crippen molar-refractivity contribution < 1.29 is 13.5 Å². The Morgan fingerprint density at radius 2 is 2.05 bits per heavy atom. The van der Waals surface area contributed by atoms with Crippen molar-refractivity contribution in [2.45, 2.75) is 41.2 Å². The number of rotatable bonds is 5. The standard InChI is InChI=1S/C14H19N3O3S2/c1-21-12-3-5-13(6-4-12)22(19,20)9-10-8-11(18)2-7-14(10)16-17-15/h3-6,10-11,14,18H,2,7-9H2,1H3/t10-,11-,14+/m1/s1. The lowest BCUT2D eigenvalue weighted by Gasteiger charge is -2.31. The zero-order chi connectivity index (χ0) is 16.2. The second-order valence-electron chi connectivity index (χ2n) is 5.46. The first-order valence-corrected chi connectivity index (χ1v) is 9.93. The number of aliphatic hydroxyl groups excluding tert-OH is 1. The first-order valence-electron chi connectivity index (χ1n) is 7.05. The number of benzene rings is 1. The molecule has 0 amide bonds. The van der Waals surface area contributed by atoms with Crippen molar-refractivity contribution in [1.29, 1.82) is 0 Å². The summed E-state index contributed by atoms with van der Waals surface area (Å²) < 4.78 is 25.1. The molecule has 6 nitrogen and oxygen atoms in total. The van der Waals surface area contributed by atoms with Crippen LogP contribution in [0.25, 0.3) is 10.4 Å². The van der Waals surface area contributed by atoms with Gasteiger partial charge in [-0.3, -0.25) is 0 Å². The molecule has 0 spiro atoms. The topological polar surface area (TPSA) is 103 Å². The molecule has 1 saturated carbocycles. The van der Waals surface area contributed by atoms with Crippen molar-refractivity contribution in [2.24, 2.45) is 11.0 Å². The van der Waals surface area contributed by atoms with E-state index in [1.807, 2.05) is 6.26 Å². The summed E-state index contributed by atoms with van der Waals surface area (Å²) in [5, 5.41) is 13.5. The van der Waals surface area contributed by atoms with Crippen LogP contribution >= 0.6 is 11.8 Å². The maximum absolute atomic E-state index is 12.5. The Kier molecular flexibility index (Phi) is 5.74. The number of thioether (sulfide) groups is 1. The first-order chi connectivity index (χ1) is 10.5. The van der Waals surface area contributed by atoms with Gasteiger partial charge in [0.05, 0.1) is 16.8 Å². The van der Waals surface area contributed by atoms with Crippen molar-refractivity contribution in [2.75, 3.05) is 12.0 Å². The summed E-state index contributed by atoms with van der Waals surface area (Å²) in [5.74, 6) is -0.448. The van der Waals surface area contributed by atoms with E-state index in [2.05, 4.69) is 10.0 Å². The lowest BCUT2D eigenvalue weighted by Crippen LogP contribution is -2.35. The van der Waals surface area contributed by atoms with Crippen molar-refractivity contribution in [1.82, 2.24) is 0 Å². The molecule has 0 radical (unpaired) electrons. The third kappa shape index (κ3) is 4.16. The first kappa shape index (κ1) is 17.1. The van der Waals surface area contributed by atoms with Gasteiger partial charge in [0.15, 0.2) is 9.84 Å². The highest BCUT2D eigenvalue weighted by atomic mass is 32.2. The summed E-state index contributed by atoms with van der Waals surface area (Å²) in [7, 11) is -3.46. The molecule has 0 saturated heterocycles. The van der Waals surface area contributed by atoms with E-state index in [-0.39, 0.29) is 22.6 Å². The molecule has 22 heavy (non-hydrogen) atoms. The number of hydrogen-bond donors (Lipinski definition) is 1. The van der Waals surface area contributed by atoms with Crippen LogP contribution in [-0.4, -0.2) is 37.7 Å². The predicted octanol–water partition coefficient (Wildman–Crippen LogP) is 3.02. The van der Waals surface area contributed by atoms with E-state index >= 15 is 0 Å². The summed E-state index contributed by atoms with van der Waals surface area (Å²) in [6, 6.07) is 6.39. The fourth-order valence-electron chi connectivity index (χ4n) is 2.78. The van der Waals surface area contributed by atoms with Crippen LogP contribution in [0.5, 0.6) is 0 Å². The normalized spacial score (nSPS) is 25.5. The number of azide groups is 1. The van der Waals surface area contributed by atoms with E-state index in [0.717, 1.165) is 4.90 Å². The summed E-state index contributed by atoms with van der Waals surface area (Å²) in [6.07, 6.45) is 2.83. The minimum Gasteiger partial charge on any atom is -0.393 e. The molecule has 1 aromatic carbocycles. The van der Waals surface area contributed by atoms with Crippen molar-refractivity contribution in [3.8, 4) is 0 Å². The molecular weight excluding hydrogens is 322 g/mol. The second kappa shape index (κ2) is 7.37. The zero-order valence-corrected chi connectivity index (χ0v) is 13.9. The molecule has 1 N–H and O–H groups in total. The lowest BCUT2D eigenvalue weighted by molar-refractivity contribution is 0.0970. The Hall–Kier alpha value is -1.21. The molecule has 8 heteroatoms. The van der Waals surface area contributed by atoms with Gasteiger partial charge in [0.2, 0.25) is 0 Å². The van der Waals surface area contributed by atoms with Gasteiger partial charge in [0.1, 0.15) is 0 Å². The SMILES string of the molecule is CSc1ccc(S(=O)(=O)C[C@H]2C[C@H](O)CC[C@@H]2N=[N+]=[N-])cc1. The van der Waals surface area contributed by atoms with Gasteiger partial charge in [-0.15, -0.1) is 11.8 Å². The molecule has 0 aliphatic heterocycles. The molecule has 0 unspecified atom stereocenters. The molecule has 0 bridgehead atoms. The average molecular weight is 341 g/mol. The van der Waals surface area contributed by atoms with Crippen LogP contribution in [0, 0.1) is 5.92 Å². The van der Waals surface area contributed by atoms with E-state index in [1.165, 1.54) is 0 Å². The Bertz CT molecular complexity index is 654. The van der Waals surface area contributed by atoms with Gasteiger partial charge in [-0.1, -0.05) is 5.11 Å². The molecule has 1 aromatic rings. The maximum atomic E-state index is 12.5. The third-order valence-electron chi connectivity index (χ3n) is 3.97. The Morgan fingerprint density at radius 3 is 2.64 bits per heavy atom. The molecule has 1 fully saturated rings. The summed E-state index contributed by atoms with van der Waals surface area (Å²) >= 11 is 1.55. The van der Waals surface area contributed by atoms with Gasteiger partial charge in [-0.2, -0.15) is 0 Å². The van der Waals surface area contributed by atoms with Crippen LogP contribution in [0.1, 0.15) is 19.3 Å². The smallest absolute Gasteiger partial charge is 0.178 e. The second-order valence-corrected chi connectivity index (χ2v) is 8.37. The van der Waals surface area contributed by atoms with E-state index in [9.17, 15) is 13.5 Å². The number of nitrogens with zero attached hydrogens (tertiary/aromatic N) is 3. The molecular formula is C14H19N3O3S2. The molecule has 0 aromatic heterocycles. The van der Waals surface area contributed by atoms with Crippen LogP contribution in [0.4, 0.5) is 0 Å². The van der Waals surface area contributed by atoms with Crippen LogP contribution in [0.15, 0.2) is 39.2 Å². The molecule has 1 aliphatic rings. The highest BCUT2D eigenvalue weighted by molar-refractivity contribution is 7.98. The van der Waals surface area contributed by atoms with E-state index < -0.39 is 15.9 Å². The van der Waals surface area contributed by atoms with Crippen LogP contribution in [0.3, 0.4) is 0 Å². The van der Waals surface area contributed by atoms with Crippen LogP contribution < -0.4 is 0 Å². The Balaban J connectivity index is 2.19. The van der Waals surface area contributed by atoms with Gasteiger partial charge >= 0.3 is 0 Å². The zero-order valence-electron chi connectivity index (χ0n) is 12.3. The molecule has 1 aliphatic carbocycles. The molecule has 0 heterocycles. The number of aliphatic hydroxyl groups is 1. The monoisotopic (exact) mass is 341 g/mol. The maximum Gasteiger partial charge on any atom is 0.178 e. The predicted molar refractivity (Wildman–Crippen MR) is 86.6 cm³/mol. The molecule has 2 rings (SSSR count). The van der Waals surface area contributed by atoms with Crippen molar-refractivity contribution in [3.05, 3.63) is 34.7 Å². The number of hydrogen-bond acceptors (Lipinski definition) is 5. The fraction of sp³-hybridized carbons (Fsp3) is 0.571. The largest absolute Gasteiger partial charge is 0.393 e. The molecule has 3 atom stereocenters. The average Bonchev–Trinajstić information content (AvgIpc) is 2.50. The highest BCUT2D eigenvalue weighted by Crippen LogP contribution is 2.30. The van der Waals surface area contributed by atoms with Gasteiger partial charge in [0, 0.05) is 15.8 Å². The summed E-state index contributed by atoms with van der Waals surface area (Å²) in [5.41, 5.74) is 8.62. The van der Waals surface area contributed by atoms with Crippen molar-refractivity contribution in [3.63, 3.8) is 0 Å². The third-order valence-corrected chi connectivity index (χ3v) is 6.57.